The molecule has 1 amide bonds. The van der Waals surface area contributed by atoms with Gasteiger partial charge in [0.15, 0.2) is 18.4 Å². The van der Waals surface area contributed by atoms with Crippen molar-refractivity contribution in [2.24, 2.45) is 17.8 Å². The Labute approximate surface area is 399 Å². The van der Waals surface area contributed by atoms with Gasteiger partial charge in [0.1, 0.15) is 30.0 Å². The van der Waals surface area contributed by atoms with E-state index in [1.165, 1.54) is 14.0 Å². The van der Waals surface area contributed by atoms with Crippen LogP contribution in [0, 0.1) is 17.8 Å². The van der Waals surface area contributed by atoms with Crippen LogP contribution in [0.5, 0.6) is 0 Å². The number of likely N-dealkylation sites (N-methyl/N-ethyl adjacent to an activating group) is 1. The second-order valence-electron chi connectivity index (χ2n) is 20.7. The molecule has 0 saturated carbocycles. The molecule has 1 unspecified atom stereocenters. The molecule has 0 aliphatic carbocycles. The van der Waals surface area contributed by atoms with Crippen LogP contribution in [0.4, 0.5) is 0 Å². The lowest BCUT2D eigenvalue weighted by molar-refractivity contribution is -0.318. The monoisotopic (exact) mass is 952 g/mol. The summed E-state index contributed by atoms with van der Waals surface area (Å²) in [7, 11) is 5.23. The number of Topliss-reactive ketones (excluding diaryl/α,β-unsaturated/α-hetero) is 1. The molecule has 3 fully saturated rings. The Hall–Kier alpha value is -2.65. The highest BCUT2D eigenvalue weighted by Crippen LogP contribution is 2.40. The predicted octanol–water partition coefficient (Wildman–Crippen LogP) is 3.44. The Bertz CT molecular complexity index is 1720. The van der Waals surface area contributed by atoms with E-state index in [0.717, 1.165) is 0 Å². The average Bonchev–Trinajstić information content (AvgIpc) is 3.27. The first-order valence-electron chi connectivity index (χ1n) is 24.4. The first kappa shape index (κ1) is 56.9. The Morgan fingerprint density at radius 1 is 0.925 bits per heavy atom. The van der Waals surface area contributed by atoms with Crippen LogP contribution in [0.3, 0.4) is 0 Å². The fraction of sp³-hybridized carbons (Fsp3) is 0.820. The Balaban J connectivity index is 1.70. The van der Waals surface area contributed by atoms with Crippen molar-refractivity contribution in [3.05, 3.63) is 35.9 Å². The third-order valence-electron chi connectivity index (χ3n) is 14.7. The Morgan fingerprint density at radius 2 is 1.58 bits per heavy atom. The molecule has 1 aromatic rings. The molecular formula is C50H85N3O14. The van der Waals surface area contributed by atoms with Crippen LogP contribution in [0.2, 0.25) is 0 Å². The number of aliphatic hydroxyl groups is 5. The maximum Gasteiger partial charge on any atom is 0.311 e. The fourth-order valence-corrected chi connectivity index (χ4v) is 10.5. The van der Waals surface area contributed by atoms with E-state index in [1.807, 2.05) is 43.8 Å². The molecule has 3 heterocycles. The summed E-state index contributed by atoms with van der Waals surface area (Å²) in [5.74, 6) is -3.31. The molecule has 17 nitrogen and oxygen atoms in total. The van der Waals surface area contributed by atoms with Gasteiger partial charge in [0.2, 0.25) is 5.91 Å². The number of carbonyl (C=O) groups excluding carboxylic acids is 3. The number of hydrogen-bond acceptors (Lipinski definition) is 16. The van der Waals surface area contributed by atoms with Crippen LogP contribution in [-0.4, -0.2) is 184 Å². The third-order valence-corrected chi connectivity index (χ3v) is 14.7. The lowest BCUT2D eigenvalue weighted by Gasteiger charge is -2.48. The molecule has 3 aliphatic rings. The first-order valence-corrected chi connectivity index (χ1v) is 24.4. The minimum absolute atomic E-state index is 0.0327. The molecule has 18 atom stereocenters. The molecule has 384 valence electrons. The predicted molar refractivity (Wildman–Crippen MR) is 251 cm³/mol. The standard InChI is InChI=1S/C50H85N3O14/c1-14-38-50(10,61)43(57)33(6)53(24-18-23-51-39(55)22-21-37(54)35-19-16-15-17-20-35)28-29(2)26-48(8,60)45(67-47-41(56)36(52(11)12)25-30(3)63-47)31(4)42(32(5)46(59)65-38)66-40-27-49(9,62-13)44(58)34(7)64-40/h15-17,19-20,29-34,36,38,40-45,47,56-58,60-61H,14,18,21-28H2,1-13H3,(H,51,55)/t29-,30+,31+,32-,33-,34+,36-,38?,40+,41+,42+,43-,44+,45-,47-,48-,49-,50-/m1/s1. The van der Waals surface area contributed by atoms with Gasteiger partial charge in [-0.2, -0.15) is 0 Å². The maximum atomic E-state index is 14.5. The minimum Gasteiger partial charge on any atom is -0.459 e. The van der Waals surface area contributed by atoms with Gasteiger partial charge in [0, 0.05) is 69.6 Å². The molecule has 17 heteroatoms. The van der Waals surface area contributed by atoms with Crippen molar-refractivity contribution >= 4 is 17.7 Å². The van der Waals surface area contributed by atoms with Gasteiger partial charge < -0.3 is 64.2 Å². The van der Waals surface area contributed by atoms with E-state index in [-0.39, 0.29) is 68.4 Å². The fourth-order valence-electron chi connectivity index (χ4n) is 10.5. The number of nitrogens with zero attached hydrogens (tertiary/aromatic N) is 2. The maximum absolute atomic E-state index is 14.5. The first-order chi connectivity index (χ1) is 31.3. The summed E-state index contributed by atoms with van der Waals surface area (Å²) >= 11 is 0. The zero-order chi connectivity index (χ0) is 50.2. The van der Waals surface area contributed by atoms with Crippen LogP contribution in [-0.2, 0) is 38.0 Å². The molecule has 3 aliphatic heterocycles. The van der Waals surface area contributed by atoms with Crippen molar-refractivity contribution in [3.8, 4) is 0 Å². The van der Waals surface area contributed by atoms with Crippen molar-refractivity contribution in [2.75, 3.05) is 40.8 Å². The number of ketones is 1. The van der Waals surface area contributed by atoms with Crippen molar-refractivity contribution in [1.29, 1.82) is 0 Å². The van der Waals surface area contributed by atoms with Crippen molar-refractivity contribution in [3.63, 3.8) is 0 Å². The molecule has 1 aromatic carbocycles. The van der Waals surface area contributed by atoms with Crippen LogP contribution >= 0.6 is 0 Å². The largest absolute Gasteiger partial charge is 0.459 e. The van der Waals surface area contributed by atoms with Gasteiger partial charge in [0.25, 0.3) is 0 Å². The number of amides is 1. The van der Waals surface area contributed by atoms with Crippen LogP contribution < -0.4 is 5.32 Å². The summed E-state index contributed by atoms with van der Waals surface area (Å²) in [5.41, 5.74) is -4.12. The van der Waals surface area contributed by atoms with E-state index in [0.29, 0.717) is 31.5 Å². The molecule has 0 spiro atoms. The molecule has 67 heavy (non-hydrogen) atoms. The van der Waals surface area contributed by atoms with E-state index < -0.39 is 96.0 Å². The highest BCUT2D eigenvalue weighted by Gasteiger charge is 2.53. The zero-order valence-corrected chi connectivity index (χ0v) is 42.4. The third kappa shape index (κ3) is 14.5. The zero-order valence-electron chi connectivity index (χ0n) is 42.4. The normalized spacial score (nSPS) is 40.9. The van der Waals surface area contributed by atoms with E-state index in [9.17, 15) is 39.9 Å². The summed E-state index contributed by atoms with van der Waals surface area (Å²) in [6.45, 7) is 18.4. The van der Waals surface area contributed by atoms with Gasteiger partial charge in [-0.15, -0.1) is 0 Å². The molecule has 0 radical (unpaired) electrons. The van der Waals surface area contributed by atoms with Crippen molar-refractivity contribution in [2.45, 2.75) is 204 Å². The molecule has 0 bridgehead atoms. The highest BCUT2D eigenvalue weighted by atomic mass is 16.7. The average molecular weight is 952 g/mol. The SMILES string of the molecule is CCC1OC(=O)[C@H](C)[C@@H](O[C@H]2C[C@@](C)(OC)[C@@H](O)[C@H](C)O2)[C@H](C)[C@@H](O[C@H]2O[C@@H](C)C[C@@H](N(C)C)[C@@H]2O)[C@](C)(O)C[C@@H](C)CN(CCCNC(=O)CCC(=O)c2ccccc2)[C@H](C)[C@@H](O)[C@]1(C)O. The van der Waals surface area contributed by atoms with E-state index in [2.05, 4.69) is 5.32 Å². The number of methoxy groups -OCH3 is 1. The number of aliphatic hydroxyl groups excluding tert-OH is 3. The van der Waals surface area contributed by atoms with E-state index in [1.54, 1.807) is 72.7 Å². The lowest BCUT2D eigenvalue weighted by Crippen LogP contribution is -2.60. The molecule has 6 N–H and O–H groups in total. The summed E-state index contributed by atoms with van der Waals surface area (Å²) in [6, 6.07) is 7.79. The Morgan fingerprint density at radius 3 is 2.19 bits per heavy atom. The topological polar surface area (TPSA) is 226 Å². The summed E-state index contributed by atoms with van der Waals surface area (Å²) in [6.07, 6.45) is -8.62. The van der Waals surface area contributed by atoms with Gasteiger partial charge in [-0.3, -0.25) is 19.3 Å². The number of rotatable bonds is 15. The number of cyclic esters (lactones) is 1. The molecule has 0 aromatic heterocycles. The number of benzene rings is 1. The number of nitrogens with one attached hydrogen (secondary N) is 1. The second-order valence-corrected chi connectivity index (χ2v) is 20.7. The van der Waals surface area contributed by atoms with E-state index in [4.69, 9.17) is 28.4 Å². The summed E-state index contributed by atoms with van der Waals surface area (Å²) in [4.78, 5) is 43.9. The van der Waals surface area contributed by atoms with Gasteiger partial charge in [0.05, 0.1) is 41.5 Å². The van der Waals surface area contributed by atoms with Gasteiger partial charge in [-0.05, 0) is 94.2 Å². The van der Waals surface area contributed by atoms with Crippen LogP contribution in [0.25, 0.3) is 0 Å². The highest BCUT2D eigenvalue weighted by molar-refractivity contribution is 5.97. The molecule has 4 rings (SSSR count). The van der Waals surface area contributed by atoms with Crippen LogP contribution in [0.15, 0.2) is 30.3 Å². The minimum atomic E-state index is -1.93. The number of carbonyl (C=O) groups is 3. The van der Waals surface area contributed by atoms with Gasteiger partial charge >= 0.3 is 5.97 Å². The number of esters is 1. The van der Waals surface area contributed by atoms with Gasteiger partial charge in [-0.25, -0.2) is 0 Å². The second kappa shape index (κ2) is 24.5. The lowest BCUT2D eigenvalue weighted by atomic mass is 9.77. The van der Waals surface area contributed by atoms with Crippen molar-refractivity contribution in [1.82, 2.24) is 15.1 Å². The Kier molecular flexibility index (Phi) is 20.8. The summed E-state index contributed by atoms with van der Waals surface area (Å²) < 4.78 is 38.0. The van der Waals surface area contributed by atoms with E-state index >= 15 is 0 Å². The number of hydrogen-bond donors (Lipinski definition) is 6. The quantitative estimate of drug-likeness (QED) is 0.0842. The number of ether oxygens (including phenoxy) is 6. The summed E-state index contributed by atoms with van der Waals surface area (Å²) in [5, 5.41) is 62.7. The van der Waals surface area contributed by atoms with Crippen LogP contribution in [0.1, 0.15) is 125 Å². The van der Waals surface area contributed by atoms with Crippen molar-refractivity contribution < 1.29 is 68.3 Å². The van der Waals surface area contributed by atoms with Gasteiger partial charge in [-0.1, -0.05) is 51.1 Å². The molecule has 3 saturated heterocycles. The smallest absolute Gasteiger partial charge is 0.311 e. The molecular weight excluding hydrogens is 867 g/mol.